The van der Waals surface area contributed by atoms with Gasteiger partial charge in [0, 0.05) is 6.54 Å². The standard InChI is InChI=1S/C12H22N4O/c1-16-7-3-11(4-8-16)9-14-10-12(17)15-6-2-5-13/h11,14H,2-4,6-10H2,1H3,(H,15,17). The molecule has 1 aliphatic rings. The number of carbonyl (C=O) groups is 1. The average Bonchev–Trinajstić information content (AvgIpc) is 2.32. The Labute approximate surface area is 103 Å². The lowest BCUT2D eigenvalue weighted by atomic mass is 9.97. The topological polar surface area (TPSA) is 68.2 Å². The van der Waals surface area contributed by atoms with Crippen LogP contribution in [0.5, 0.6) is 0 Å². The second-order valence-electron chi connectivity index (χ2n) is 4.64. The van der Waals surface area contributed by atoms with Crippen LogP contribution >= 0.6 is 0 Å². The Bertz CT molecular complexity index is 266. The van der Waals surface area contributed by atoms with E-state index in [9.17, 15) is 4.79 Å². The zero-order chi connectivity index (χ0) is 12.5. The summed E-state index contributed by atoms with van der Waals surface area (Å²) in [5, 5.41) is 14.2. The van der Waals surface area contributed by atoms with Crippen molar-refractivity contribution in [3.8, 4) is 6.07 Å². The summed E-state index contributed by atoms with van der Waals surface area (Å²) in [5.74, 6) is 0.672. The SMILES string of the molecule is CN1CCC(CNCC(=O)NCCC#N)CC1. The maximum absolute atomic E-state index is 11.3. The molecular formula is C12H22N4O. The highest BCUT2D eigenvalue weighted by Crippen LogP contribution is 2.14. The van der Waals surface area contributed by atoms with Crippen molar-refractivity contribution in [2.45, 2.75) is 19.3 Å². The number of hydrogen-bond acceptors (Lipinski definition) is 4. The van der Waals surface area contributed by atoms with E-state index in [0.29, 0.717) is 25.4 Å². The molecule has 17 heavy (non-hydrogen) atoms. The largest absolute Gasteiger partial charge is 0.354 e. The van der Waals surface area contributed by atoms with Gasteiger partial charge in [0.1, 0.15) is 0 Å². The molecule has 1 heterocycles. The van der Waals surface area contributed by atoms with Crippen molar-refractivity contribution in [3.63, 3.8) is 0 Å². The molecule has 0 unspecified atom stereocenters. The van der Waals surface area contributed by atoms with Crippen molar-refractivity contribution in [2.24, 2.45) is 5.92 Å². The molecule has 0 aliphatic carbocycles. The minimum Gasteiger partial charge on any atom is -0.354 e. The molecule has 2 N–H and O–H groups in total. The van der Waals surface area contributed by atoms with Crippen molar-refractivity contribution in [2.75, 3.05) is 39.8 Å². The van der Waals surface area contributed by atoms with Gasteiger partial charge in [-0.2, -0.15) is 5.26 Å². The van der Waals surface area contributed by atoms with E-state index >= 15 is 0 Å². The Hall–Kier alpha value is -1.12. The van der Waals surface area contributed by atoms with Crippen LogP contribution in [0.15, 0.2) is 0 Å². The lowest BCUT2D eigenvalue weighted by Crippen LogP contribution is -2.39. The van der Waals surface area contributed by atoms with Crippen LogP contribution in [-0.2, 0) is 4.79 Å². The maximum atomic E-state index is 11.3. The molecule has 0 atom stereocenters. The fourth-order valence-electron chi connectivity index (χ4n) is 1.98. The average molecular weight is 238 g/mol. The highest BCUT2D eigenvalue weighted by atomic mass is 16.1. The first-order valence-electron chi connectivity index (χ1n) is 6.25. The number of rotatable bonds is 6. The molecule has 96 valence electrons. The summed E-state index contributed by atoms with van der Waals surface area (Å²) in [6, 6.07) is 2.00. The summed E-state index contributed by atoms with van der Waals surface area (Å²) >= 11 is 0. The van der Waals surface area contributed by atoms with Gasteiger partial charge in [0.2, 0.25) is 5.91 Å². The van der Waals surface area contributed by atoms with Crippen LogP contribution in [0, 0.1) is 17.2 Å². The van der Waals surface area contributed by atoms with Crippen LogP contribution in [0.1, 0.15) is 19.3 Å². The highest BCUT2D eigenvalue weighted by Gasteiger charge is 2.16. The van der Waals surface area contributed by atoms with E-state index in [0.717, 1.165) is 19.6 Å². The van der Waals surface area contributed by atoms with Gasteiger partial charge >= 0.3 is 0 Å². The molecule has 1 amide bonds. The number of piperidine rings is 1. The normalized spacial score (nSPS) is 17.6. The molecule has 1 aliphatic heterocycles. The van der Waals surface area contributed by atoms with Crippen LogP contribution in [-0.4, -0.2) is 50.6 Å². The highest BCUT2D eigenvalue weighted by molar-refractivity contribution is 5.77. The molecule has 1 rings (SSSR count). The minimum absolute atomic E-state index is 0.0202. The maximum Gasteiger partial charge on any atom is 0.233 e. The van der Waals surface area contributed by atoms with Gasteiger partial charge in [-0.25, -0.2) is 0 Å². The van der Waals surface area contributed by atoms with E-state index in [4.69, 9.17) is 5.26 Å². The zero-order valence-corrected chi connectivity index (χ0v) is 10.5. The van der Waals surface area contributed by atoms with Gasteiger partial charge in [0.15, 0.2) is 0 Å². The predicted octanol–water partition coefficient (Wildman–Crippen LogP) is -0.0523. The van der Waals surface area contributed by atoms with Crippen molar-refractivity contribution >= 4 is 5.91 Å². The number of hydrogen-bond donors (Lipinski definition) is 2. The third-order valence-corrected chi connectivity index (χ3v) is 3.12. The van der Waals surface area contributed by atoms with Gasteiger partial charge in [0.25, 0.3) is 0 Å². The molecular weight excluding hydrogens is 216 g/mol. The van der Waals surface area contributed by atoms with E-state index in [1.165, 1.54) is 12.8 Å². The summed E-state index contributed by atoms with van der Waals surface area (Å²) in [6.45, 7) is 4.03. The first-order chi connectivity index (χ1) is 8.22. The van der Waals surface area contributed by atoms with Gasteiger partial charge in [-0.3, -0.25) is 4.79 Å². The Kier molecular flexibility index (Phi) is 6.60. The van der Waals surface area contributed by atoms with Crippen LogP contribution in [0.2, 0.25) is 0 Å². The van der Waals surface area contributed by atoms with Crippen molar-refractivity contribution in [1.82, 2.24) is 15.5 Å². The van der Waals surface area contributed by atoms with Gasteiger partial charge in [-0.1, -0.05) is 0 Å². The van der Waals surface area contributed by atoms with E-state index < -0.39 is 0 Å². The van der Waals surface area contributed by atoms with Crippen LogP contribution in [0.4, 0.5) is 0 Å². The first-order valence-corrected chi connectivity index (χ1v) is 6.25. The Morgan fingerprint density at radius 3 is 2.82 bits per heavy atom. The molecule has 1 saturated heterocycles. The number of likely N-dealkylation sites (tertiary alicyclic amines) is 1. The predicted molar refractivity (Wildman–Crippen MR) is 66.3 cm³/mol. The first kappa shape index (κ1) is 13.9. The molecule has 5 heteroatoms. The molecule has 1 fully saturated rings. The van der Waals surface area contributed by atoms with Crippen LogP contribution in [0.25, 0.3) is 0 Å². The molecule has 0 aromatic rings. The molecule has 0 radical (unpaired) electrons. The number of carbonyl (C=O) groups excluding carboxylic acids is 1. The van der Waals surface area contributed by atoms with Gasteiger partial charge in [-0.15, -0.1) is 0 Å². The fourth-order valence-corrected chi connectivity index (χ4v) is 1.98. The van der Waals surface area contributed by atoms with E-state index in [1.807, 2.05) is 6.07 Å². The molecule has 0 spiro atoms. The number of amides is 1. The minimum atomic E-state index is -0.0202. The van der Waals surface area contributed by atoms with Crippen molar-refractivity contribution in [1.29, 1.82) is 5.26 Å². The smallest absolute Gasteiger partial charge is 0.233 e. The van der Waals surface area contributed by atoms with E-state index in [2.05, 4.69) is 22.6 Å². The molecule has 0 bridgehead atoms. The van der Waals surface area contributed by atoms with Crippen LogP contribution in [0.3, 0.4) is 0 Å². The lowest BCUT2D eigenvalue weighted by Gasteiger charge is -2.28. The quantitative estimate of drug-likeness (QED) is 0.637. The number of nitriles is 1. The Balaban J connectivity index is 2.00. The van der Waals surface area contributed by atoms with Crippen molar-refractivity contribution < 1.29 is 4.79 Å². The molecule has 0 saturated carbocycles. The van der Waals surface area contributed by atoms with E-state index in [-0.39, 0.29) is 5.91 Å². The number of nitrogens with zero attached hydrogens (tertiary/aromatic N) is 2. The number of nitrogens with one attached hydrogen (secondary N) is 2. The summed E-state index contributed by atoms with van der Waals surface area (Å²) in [5.41, 5.74) is 0. The van der Waals surface area contributed by atoms with Crippen LogP contribution < -0.4 is 10.6 Å². The third kappa shape index (κ3) is 6.25. The molecule has 5 nitrogen and oxygen atoms in total. The second kappa shape index (κ2) is 8.04. The zero-order valence-electron chi connectivity index (χ0n) is 10.5. The molecule has 0 aromatic heterocycles. The molecule has 0 aromatic carbocycles. The van der Waals surface area contributed by atoms with Gasteiger partial charge in [-0.05, 0) is 45.4 Å². The summed E-state index contributed by atoms with van der Waals surface area (Å²) in [4.78, 5) is 13.7. The van der Waals surface area contributed by atoms with Gasteiger partial charge in [0.05, 0.1) is 19.0 Å². The Morgan fingerprint density at radius 2 is 2.18 bits per heavy atom. The van der Waals surface area contributed by atoms with Gasteiger partial charge < -0.3 is 15.5 Å². The summed E-state index contributed by atoms with van der Waals surface area (Å²) in [7, 11) is 2.15. The third-order valence-electron chi connectivity index (χ3n) is 3.12. The van der Waals surface area contributed by atoms with E-state index in [1.54, 1.807) is 0 Å². The summed E-state index contributed by atoms with van der Waals surface area (Å²) < 4.78 is 0. The summed E-state index contributed by atoms with van der Waals surface area (Å²) in [6.07, 6.45) is 2.79. The second-order valence-corrected chi connectivity index (χ2v) is 4.64. The van der Waals surface area contributed by atoms with Crippen molar-refractivity contribution in [3.05, 3.63) is 0 Å². The Morgan fingerprint density at radius 1 is 1.47 bits per heavy atom. The monoisotopic (exact) mass is 238 g/mol. The lowest BCUT2D eigenvalue weighted by molar-refractivity contribution is -0.120. The fraction of sp³-hybridized carbons (Fsp3) is 0.833.